The first-order valence-corrected chi connectivity index (χ1v) is 11.3. The molecular formula is C25H25FN2O2S. The number of anilines is 3. The van der Waals surface area contributed by atoms with Gasteiger partial charge in [0.2, 0.25) is 0 Å². The van der Waals surface area contributed by atoms with E-state index in [-0.39, 0.29) is 18.7 Å². The quantitative estimate of drug-likeness (QED) is 0.475. The number of thioether (sulfide) groups is 1. The summed E-state index contributed by atoms with van der Waals surface area (Å²) in [5.41, 5.74) is 5.93. The second kappa shape index (κ2) is 9.43. The fourth-order valence-corrected chi connectivity index (χ4v) is 4.94. The molecule has 0 aromatic heterocycles. The van der Waals surface area contributed by atoms with E-state index in [0.717, 1.165) is 17.9 Å². The van der Waals surface area contributed by atoms with Crippen LogP contribution in [0.25, 0.3) is 0 Å². The first-order valence-electron chi connectivity index (χ1n) is 10.3. The van der Waals surface area contributed by atoms with Crippen LogP contribution in [0.15, 0.2) is 65.6 Å². The van der Waals surface area contributed by atoms with Gasteiger partial charge in [0.25, 0.3) is 0 Å². The first-order chi connectivity index (χ1) is 15.0. The lowest BCUT2D eigenvalue weighted by atomic mass is 10.0. The number of nitrogens with zero attached hydrogens (tertiary/aromatic N) is 1. The molecule has 4 rings (SSSR count). The second-order valence-corrected chi connectivity index (χ2v) is 8.72. The van der Waals surface area contributed by atoms with E-state index in [4.69, 9.17) is 5.11 Å². The van der Waals surface area contributed by atoms with Gasteiger partial charge in [-0.1, -0.05) is 30.3 Å². The molecule has 31 heavy (non-hydrogen) atoms. The van der Waals surface area contributed by atoms with E-state index in [0.29, 0.717) is 17.8 Å². The van der Waals surface area contributed by atoms with Gasteiger partial charge in [0.05, 0.1) is 5.69 Å². The van der Waals surface area contributed by atoms with Gasteiger partial charge in [0.1, 0.15) is 5.82 Å². The highest BCUT2D eigenvalue weighted by Gasteiger charge is 2.22. The zero-order chi connectivity index (χ0) is 21.8. The van der Waals surface area contributed by atoms with Crippen LogP contribution in [0.4, 0.5) is 21.5 Å². The third-order valence-electron chi connectivity index (χ3n) is 5.56. The minimum absolute atomic E-state index is 0.0755. The number of benzene rings is 3. The summed E-state index contributed by atoms with van der Waals surface area (Å²) >= 11 is 1.88. The van der Waals surface area contributed by atoms with E-state index in [1.54, 1.807) is 12.1 Å². The smallest absolute Gasteiger partial charge is 0.303 e. The van der Waals surface area contributed by atoms with Gasteiger partial charge >= 0.3 is 5.97 Å². The van der Waals surface area contributed by atoms with Crippen LogP contribution in [-0.2, 0) is 17.8 Å². The number of fused-ring (bicyclic) bond motifs is 1. The Labute approximate surface area is 186 Å². The van der Waals surface area contributed by atoms with Crippen molar-refractivity contribution >= 4 is 34.8 Å². The zero-order valence-corrected chi connectivity index (χ0v) is 18.2. The number of aryl methyl sites for hydroxylation is 1. The molecule has 0 bridgehead atoms. The Kier molecular flexibility index (Phi) is 6.47. The van der Waals surface area contributed by atoms with Crippen LogP contribution in [0.1, 0.15) is 23.1 Å². The number of nitrogens with one attached hydrogen (secondary N) is 1. The van der Waals surface area contributed by atoms with Crippen molar-refractivity contribution in [2.45, 2.75) is 31.2 Å². The highest BCUT2D eigenvalue weighted by molar-refractivity contribution is 7.99. The lowest BCUT2D eigenvalue weighted by Crippen LogP contribution is -2.25. The topological polar surface area (TPSA) is 52.6 Å². The molecule has 6 heteroatoms. The van der Waals surface area contributed by atoms with Crippen LogP contribution in [0.5, 0.6) is 0 Å². The van der Waals surface area contributed by atoms with Crippen LogP contribution in [-0.4, -0.2) is 23.4 Å². The predicted molar refractivity (Wildman–Crippen MR) is 125 cm³/mol. The van der Waals surface area contributed by atoms with Crippen LogP contribution in [0, 0.1) is 12.7 Å². The first kappa shape index (κ1) is 21.2. The molecule has 0 fully saturated rings. The van der Waals surface area contributed by atoms with Crippen molar-refractivity contribution in [1.29, 1.82) is 0 Å². The van der Waals surface area contributed by atoms with Crippen LogP contribution in [0.2, 0.25) is 0 Å². The van der Waals surface area contributed by atoms with E-state index < -0.39 is 5.97 Å². The molecule has 3 aromatic carbocycles. The normalized spacial score (nSPS) is 13.0. The number of carboxylic acid groups (broad SMARTS) is 1. The molecule has 0 radical (unpaired) electrons. The van der Waals surface area contributed by atoms with Gasteiger partial charge in [-0.05, 0) is 60.4 Å². The Bertz CT molecular complexity index is 1090. The standard InChI is InChI=1S/C25H25FN2O2S/c1-17-19(16-27-20-10-7-18(22(26)15-20)9-12-24(29)30)8-11-23-25(17)28(13-14-31-23)21-5-3-2-4-6-21/h2-8,10-11,15,27H,9,12-14,16H2,1H3,(H,29,30). The molecule has 0 unspecified atom stereocenters. The summed E-state index contributed by atoms with van der Waals surface area (Å²) < 4.78 is 14.3. The summed E-state index contributed by atoms with van der Waals surface area (Å²) in [5, 5.41) is 12.1. The molecule has 1 heterocycles. The lowest BCUT2D eigenvalue weighted by molar-refractivity contribution is -0.136. The number of hydrogen-bond acceptors (Lipinski definition) is 4. The predicted octanol–water partition coefficient (Wildman–Crippen LogP) is 6.01. The molecule has 0 saturated heterocycles. The highest BCUT2D eigenvalue weighted by atomic mass is 32.2. The minimum Gasteiger partial charge on any atom is -0.481 e. The van der Waals surface area contributed by atoms with E-state index >= 15 is 0 Å². The maximum absolute atomic E-state index is 14.3. The number of para-hydroxylation sites is 1. The Morgan fingerprint density at radius 1 is 1.13 bits per heavy atom. The summed E-state index contributed by atoms with van der Waals surface area (Å²) in [5.74, 6) is -0.251. The summed E-state index contributed by atoms with van der Waals surface area (Å²) in [7, 11) is 0. The van der Waals surface area contributed by atoms with E-state index in [9.17, 15) is 9.18 Å². The lowest BCUT2D eigenvalue weighted by Gasteiger charge is -2.33. The fourth-order valence-electron chi connectivity index (χ4n) is 3.88. The maximum atomic E-state index is 14.3. The molecule has 0 amide bonds. The molecule has 160 valence electrons. The highest BCUT2D eigenvalue weighted by Crippen LogP contribution is 2.42. The SMILES string of the molecule is Cc1c(CNc2ccc(CCC(=O)O)c(F)c2)ccc2c1N(c1ccccc1)CCS2. The van der Waals surface area contributed by atoms with Crippen molar-refractivity contribution < 1.29 is 14.3 Å². The number of halogens is 1. The number of carboxylic acids is 1. The van der Waals surface area contributed by atoms with Gasteiger partial charge in [-0.3, -0.25) is 4.79 Å². The molecule has 1 aliphatic heterocycles. The van der Waals surface area contributed by atoms with Gasteiger partial charge in [0.15, 0.2) is 0 Å². The van der Waals surface area contributed by atoms with E-state index in [1.807, 2.05) is 17.8 Å². The van der Waals surface area contributed by atoms with E-state index in [1.165, 1.54) is 27.9 Å². The Morgan fingerprint density at radius 3 is 2.65 bits per heavy atom. The zero-order valence-electron chi connectivity index (χ0n) is 17.4. The van der Waals surface area contributed by atoms with Crippen molar-refractivity contribution in [3.8, 4) is 0 Å². The molecule has 0 atom stereocenters. The van der Waals surface area contributed by atoms with Crippen molar-refractivity contribution in [2.24, 2.45) is 0 Å². The van der Waals surface area contributed by atoms with Gasteiger partial charge < -0.3 is 15.3 Å². The molecule has 3 aromatic rings. The molecular weight excluding hydrogens is 411 g/mol. The molecule has 0 aliphatic carbocycles. The van der Waals surface area contributed by atoms with Crippen molar-refractivity contribution in [1.82, 2.24) is 0 Å². The van der Waals surface area contributed by atoms with Crippen molar-refractivity contribution in [2.75, 3.05) is 22.5 Å². The maximum Gasteiger partial charge on any atom is 0.303 e. The average Bonchev–Trinajstić information content (AvgIpc) is 2.78. The molecule has 4 nitrogen and oxygen atoms in total. The molecule has 0 spiro atoms. The van der Waals surface area contributed by atoms with Crippen molar-refractivity contribution in [3.63, 3.8) is 0 Å². The molecule has 2 N–H and O–H groups in total. The molecule has 1 aliphatic rings. The van der Waals surface area contributed by atoms with E-state index in [2.05, 4.69) is 53.5 Å². The fraction of sp³-hybridized carbons (Fsp3) is 0.240. The Hall–Kier alpha value is -2.99. The Morgan fingerprint density at radius 2 is 1.90 bits per heavy atom. The van der Waals surface area contributed by atoms with Gasteiger partial charge in [-0.2, -0.15) is 0 Å². The minimum atomic E-state index is -0.924. The summed E-state index contributed by atoms with van der Waals surface area (Å²) in [6.45, 7) is 3.69. The van der Waals surface area contributed by atoms with Crippen LogP contribution in [0.3, 0.4) is 0 Å². The third kappa shape index (κ3) is 4.85. The number of aliphatic carboxylic acids is 1. The summed E-state index contributed by atoms with van der Waals surface area (Å²) in [4.78, 5) is 14.4. The monoisotopic (exact) mass is 436 g/mol. The second-order valence-electron chi connectivity index (χ2n) is 7.59. The largest absolute Gasteiger partial charge is 0.481 e. The van der Waals surface area contributed by atoms with Crippen LogP contribution >= 0.6 is 11.8 Å². The van der Waals surface area contributed by atoms with Gasteiger partial charge in [0, 0.05) is 41.5 Å². The number of hydrogen-bond donors (Lipinski definition) is 2. The van der Waals surface area contributed by atoms with Gasteiger partial charge in [-0.25, -0.2) is 4.39 Å². The average molecular weight is 437 g/mol. The summed E-state index contributed by atoms with van der Waals surface area (Å²) in [6.07, 6.45) is 0.117. The summed E-state index contributed by atoms with van der Waals surface area (Å²) in [6, 6.07) is 19.7. The Balaban J connectivity index is 1.53. The number of carbonyl (C=O) groups is 1. The number of rotatable bonds is 7. The third-order valence-corrected chi connectivity index (χ3v) is 6.59. The van der Waals surface area contributed by atoms with Crippen LogP contribution < -0.4 is 10.2 Å². The van der Waals surface area contributed by atoms with Gasteiger partial charge in [-0.15, -0.1) is 11.8 Å². The molecule has 0 saturated carbocycles. The van der Waals surface area contributed by atoms with Crippen molar-refractivity contribution in [3.05, 3.63) is 83.2 Å².